The molecule has 7 heteroatoms. The number of halogens is 3. The van der Waals surface area contributed by atoms with Gasteiger partial charge in [0.25, 0.3) is 0 Å². The Morgan fingerprint density at radius 2 is 1.47 bits per heavy atom. The second kappa shape index (κ2) is 11.8. The minimum atomic E-state index is -1.33. The van der Waals surface area contributed by atoms with Gasteiger partial charge < -0.3 is 14.6 Å². The van der Waals surface area contributed by atoms with Gasteiger partial charge in [-0.2, -0.15) is 0 Å². The SMILES string of the molecule is C=CCCOc1ccc(-c2ccc(OC(=O)c3ccc(-c4ccc(C(C)O)cc4)c(F)c3F)cc2)c(F)c1. The van der Waals surface area contributed by atoms with Gasteiger partial charge in [-0.05, 0) is 60.4 Å². The predicted octanol–water partition coefficient (Wildman–Crippen LogP) is 7.67. The number of ether oxygens (including phenoxy) is 2. The van der Waals surface area contributed by atoms with Crippen molar-refractivity contribution in [2.75, 3.05) is 6.61 Å². The van der Waals surface area contributed by atoms with Crippen molar-refractivity contribution in [2.45, 2.75) is 19.4 Å². The molecule has 0 aromatic heterocycles. The first-order valence-corrected chi connectivity index (χ1v) is 11.9. The van der Waals surface area contributed by atoms with Crippen LogP contribution in [0.5, 0.6) is 11.5 Å². The van der Waals surface area contributed by atoms with Crippen molar-refractivity contribution in [3.8, 4) is 33.8 Å². The zero-order valence-electron chi connectivity index (χ0n) is 20.6. The summed E-state index contributed by atoms with van der Waals surface area (Å²) in [5.74, 6) is -3.59. The van der Waals surface area contributed by atoms with Crippen LogP contribution < -0.4 is 9.47 Å². The molecule has 0 aliphatic carbocycles. The van der Waals surface area contributed by atoms with Crippen LogP contribution in [0.1, 0.15) is 35.4 Å². The summed E-state index contributed by atoms with van der Waals surface area (Å²) in [5, 5.41) is 9.62. The molecule has 4 nitrogen and oxygen atoms in total. The highest BCUT2D eigenvalue weighted by Crippen LogP contribution is 2.30. The molecule has 0 amide bonds. The Morgan fingerprint density at radius 1 is 0.868 bits per heavy atom. The number of hydrogen-bond acceptors (Lipinski definition) is 4. The number of benzene rings is 4. The average molecular weight is 519 g/mol. The summed E-state index contributed by atoms with van der Waals surface area (Å²) in [7, 11) is 0. The van der Waals surface area contributed by atoms with Gasteiger partial charge in [0.05, 0.1) is 18.3 Å². The molecular weight excluding hydrogens is 493 g/mol. The van der Waals surface area contributed by atoms with E-state index < -0.39 is 35.1 Å². The Hall–Kier alpha value is -4.36. The van der Waals surface area contributed by atoms with E-state index in [1.54, 1.807) is 61.5 Å². The van der Waals surface area contributed by atoms with Crippen LogP contribution in [0.25, 0.3) is 22.3 Å². The van der Waals surface area contributed by atoms with Crippen molar-refractivity contribution in [1.29, 1.82) is 0 Å². The van der Waals surface area contributed by atoms with Crippen LogP contribution in [0.3, 0.4) is 0 Å². The van der Waals surface area contributed by atoms with Gasteiger partial charge in [-0.1, -0.05) is 48.5 Å². The Balaban J connectivity index is 1.47. The topological polar surface area (TPSA) is 55.8 Å². The van der Waals surface area contributed by atoms with Gasteiger partial charge in [-0.3, -0.25) is 0 Å². The van der Waals surface area contributed by atoms with Crippen LogP contribution in [0.15, 0.2) is 91.5 Å². The largest absolute Gasteiger partial charge is 0.493 e. The highest BCUT2D eigenvalue weighted by molar-refractivity contribution is 5.92. The first kappa shape index (κ1) is 26.7. The fourth-order valence-corrected chi connectivity index (χ4v) is 3.82. The normalized spacial score (nSPS) is 11.6. The number of carbonyl (C=O) groups is 1. The Kier molecular flexibility index (Phi) is 8.28. The quantitative estimate of drug-likeness (QED) is 0.107. The molecule has 194 valence electrons. The van der Waals surface area contributed by atoms with Gasteiger partial charge in [-0.25, -0.2) is 18.0 Å². The molecule has 0 aliphatic rings. The third-order valence-electron chi connectivity index (χ3n) is 5.91. The maximum atomic E-state index is 14.8. The van der Waals surface area contributed by atoms with Gasteiger partial charge in [-0.15, -0.1) is 6.58 Å². The van der Waals surface area contributed by atoms with Gasteiger partial charge in [0, 0.05) is 17.2 Å². The lowest BCUT2D eigenvalue weighted by molar-refractivity contribution is 0.0728. The summed E-state index contributed by atoms with van der Waals surface area (Å²) in [6.45, 7) is 5.60. The van der Waals surface area contributed by atoms with Crippen molar-refractivity contribution >= 4 is 5.97 Å². The molecule has 1 unspecified atom stereocenters. The molecule has 4 aromatic rings. The lowest BCUT2D eigenvalue weighted by Gasteiger charge is -2.11. The summed E-state index contributed by atoms with van der Waals surface area (Å²) in [5.41, 5.74) is 1.29. The third-order valence-corrected chi connectivity index (χ3v) is 5.91. The van der Waals surface area contributed by atoms with Crippen LogP contribution in [-0.2, 0) is 0 Å². The lowest BCUT2D eigenvalue weighted by atomic mass is 10.00. The highest BCUT2D eigenvalue weighted by atomic mass is 19.2. The van der Waals surface area contributed by atoms with Crippen LogP contribution in [0.4, 0.5) is 13.2 Å². The maximum Gasteiger partial charge on any atom is 0.346 e. The molecule has 4 aromatic carbocycles. The number of carbonyl (C=O) groups excluding carboxylic acids is 1. The molecule has 0 spiro atoms. The molecule has 0 saturated carbocycles. The van der Waals surface area contributed by atoms with E-state index in [4.69, 9.17) is 9.47 Å². The Bertz CT molecular complexity index is 1450. The number of aliphatic hydroxyl groups is 1. The zero-order valence-corrected chi connectivity index (χ0v) is 20.6. The summed E-state index contributed by atoms with van der Waals surface area (Å²) in [6, 6.07) is 19.3. The number of esters is 1. The van der Waals surface area contributed by atoms with Gasteiger partial charge in [0.1, 0.15) is 17.3 Å². The van der Waals surface area contributed by atoms with Crippen LogP contribution in [-0.4, -0.2) is 17.7 Å². The first-order valence-electron chi connectivity index (χ1n) is 11.9. The molecule has 38 heavy (non-hydrogen) atoms. The van der Waals surface area contributed by atoms with Gasteiger partial charge in [0.2, 0.25) is 0 Å². The fourth-order valence-electron chi connectivity index (χ4n) is 3.82. The summed E-state index contributed by atoms with van der Waals surface area (Å²) in [4.78, 5) is 12.6. The third kappa shape index (κ3) is 5.95. The molecule has 1 atom stereocenters. The Labute approximate surface area is 218 Å². The van der Waals surface area contributed by atoms with E-state index in [1.807, 2.05) is 0 Å². The molecule has 0 heterocycles. The second-order valence-electron chi connectivity index (χ2n) is 8.57. The van der Waals surface area contributed by atoms with Gasteiger partial charge in [0.15, 0.2) is 11.6 Å². The molecule has 0 saturated heterocycles. The second-order valence-corrected chi connectivity index (χ2v) is 8.57. The molecule has 0 fully saturated rings. The van der Waals surface area contributed by atoms with Crippen LogP contribution >= 0.6 is 0 Å². The summed E-state index contributed by atoms with van der Waals surface area (Å²) in [6.07, 6.45) is 1.66. The van der Waals surface area contributed by atoms with Crippen LogP contribution in [0, 0.1) is 17.5 Å². The minimum absolute atomic E-state index is 0.0281. The van der Waals surface area contributed by atoms with Crippen molar-refractivity contribution in [1.82, 2.24) is 0 Å². The monoisotopic (exact) mass is 518 g/mol. The van der Waals surface area contributed by atoms with E-state index in [2.05, 4.69) is 6.58 Å². The standard InChI is InChI=1S/C31H25F3O4/c1-3-4-17-37-24-13-14-25(28(32)18-24)21-9-11-23(12-10-21)38-31(36)27-16-15-26(29(33)30(27)34)22-7-5-20(6-8-22)19(2)35/h3,5-16,18-19,35H,1,4,17H2,2H3. The number of hydrogen-bond donors (Lipinski definition) is 1. The van der Waals surface area contributed by atoms with Crippen molar-refractivity contribution in [3.63, 3.8) is 0 Å². The molecule has 0 aliphatic heterocycles. The van der Waals surface area contributed by atoms with Crippen molar-refractivity contribution in [2.24, 2.45) is 0 Å². The minimum Gasteiger partial charge on any atom is -0.493 e. The smallest absolute Gasteiger partial charge is 0.346 e. The number of aliphatic hydroxyl groups excluding tert-OH is 1. The van der Waals surface area contributed by atoms with E-state index in [1.165, 1.54) is 24.3 Å². The summed E-state index contributed by atoms with van der Waals surface area (Å²) < 4.78 is 54.9. The van der Waals surface area contributed by atoms with E-state index in [-0.39, 0.29) is 11.3 Å². The zero-order chi connectivity index (χ0) is 27.2. The summed E-state index contributed by atoms with van der Waals surface area (Å²) >= 11 is 0. The lowest BCUT2D eigenvalue weighted by Crippen LogP contribution is -2.12. The Morgan fingerprint density at radius 3 is 2.11 bits per heavy atom. The van der Waals surface area contributed by atoms with E-state index in [0.717, 1.165) is 6.07 Å². The van der Waals surface area contributed by atoms with E-state index >= 15 is 0 Å². The van der Waals surface area contributed by atoms with Crippen molar-refractivity contribution in [3.05, 3.63) is 120 Å². The molecular formula is C31H25F3O4. The van der Waals surface area contributed by atoms with Crippen molar-refractivity contribution < 1.29 is 32.5 Å². The van der Waals surface area contributed by atoms with Crippen LogP contribution in [0.2, 0.25) is 0 Å². The molecule has 4 rings (SSSR count). The highest BCUT2D eigenvalue weighted by Gasteiger charge is 2.21. The fraction of sp³-hybridized carbons (Fsp3) is 0.129. The number of rotatable bonds is 9. The average Bonchev–Trinajstić information content (AvgIpc) is 2.91. The van der Waals surface area contributed by atoms with E-state index in [9.17, 15) is 23.1 Å². The van der Waals surface area contributed by atoms with Gasteiger partial charge >= 0.3 is 5.97 Å². The first-order chi connectivity index (χ1) is 18.3. The van der Waals surface area contributed by atoms with E-state index in [0.29, 0.717) is 41.0 Å². The predicted molar refractivity (Wildman–Crippen MR) is 140 cm³/mol. The molecule has 0 bridgehead atoms. The molecule has 1 N–H and O–H groups in total. The maximum absolute atomic E-state index is 14.8. The molecule has 0 radical (unpaired) electrons.